The number of nitrogens with two attached hydrogens (primary N) is 1. The molecule has 1 rings (SSSR count). The van der Waals surface area contributed by atoms with Crippen LogP contribution in [0.4, 0.5) is 0 Å². The van der Waals surface area contributed by atoms with Crippen molar-refractivity contribution in [1.29, 1.82) is 0 Å². The van der Waals surface area contributed by atoms with E-state index in [1.165, 1.54) is 5.56 Å². The molecule has 0 aliphatic carbocycles. The van der Waals surface area contributed by atoms with Gasteiger partial charge in [0.1, 0.15) is 0 Å². The molecule has 2 N–H and O–H groups in total. The summed E-state index contributed by atoms with van der Waals surface area (Å²) in [7, 11) is 0. The molecule has 3 heteroatoms. The molecule has 0 fully saturated rings. The molecule has 0 saturated heterocycles. The minimum atomic E-state index is 0.306. The minimum absolute atomic E-state index is 0.306. The van der Waals surface area contributed by atoms with Gasteiger partial charge in [-0.1, -0.05) is 13.8 Å². The zero-order valence-corrected chi connectivity index (χ0v) is 9.40. The van der Waals surface area contributed by atoms with Crippen molar-refractivity contribution in [2.75, 3.05) is 0 Å². The van der Waals surface area contributed by atoms with E-state index in [-0.39, 0.29) is 0 Å². The maximum atomic E-state index is 5.98. The number of hydrogen-bond acceptors (Lipinski definition) is 2. The molecule has 1 unspecified atom stereocenters. The first-order chi connectivity index (χ1) is 6.63. The van der Waals surface area contributed by atoms with Crippen LogP contribution in [0.2, 0.25) is 0 Å². The number of rotatable bonds is 5. The van der Waals surface area contributed by atoms with Gasteiger partial charge in [-0.15, -0.1) is 0 Å². The molecule has 0 bridgehead atoms. The van der Waals surface area contributed by atoms with Crippen LogP contribution in [0.15, 0.2) is 12.4 Å². The van der Waals surface area contributed by atoms with E-state index < -0.39 is 0 Å². The zero-order chi connectivity index (χ0) is 10.6. The fourth-order valence-electron chi connectivity index (χ4n) is 1.38. The molecule has 3 nitrogen and oxygen atoms in total. The summed E-state index contributed by atoms with van der Waals surface area (Å²) in [5, 5.41) is 4.23. The monoisotopic (exact) mass is 195 g/mol. The normalized spacial score (nSPS) is 13.5. The Labute approximate surface area is 86.3 Å². The maximum Gasteiger partial charge on any atom is 0.0521 e. The van der Waals surface area contributed by atoms with Gasteiger partial charge in [-0.2, -0.15) is 5.10 Å². The molecule has 1 heterocycles. The van der Waals surface area contributed by atoms with Gasteiger partial charge in [-0.05, 0) is 31.2 Å². The van der Waals surface area contributed by atoms with Gasteiger partial charge >= 0.3 is 0 Å². The summed E-state index contributed by atoms with van der Waals surface area (Å²) in [5.74, 6) is 0.566. The second-order valence-corrected chi connectivity index (χ2v) is 4.15. The van der Waals surface area contributed by atoms with Crippen LogP contribution in [-0.4, -0.2) is 15.8 Å². The lowest BCUT2D eigenvalue weighted by Crippen LogP contribution is -2.26. The molecule has 0 aliphatic heterocycles. The summed E-state index contributed by atoms with van der Waals surface area (Å²) in [6, 6.07) is 0.306. The van der Waals surface area contributed by atoms with Crippen LogP contribution in [0, 0.1) is 5.92 Å². The Hall–Kier alpha value is -0.830. The first-order valence-corrected chi connectivity index (χ1v) is 5.40. The van der Waals surface area contributed by atoms with Gasteiger partial charge in [-0.25, -0.2) is 0 Å². The summed E-state index contributed by atoms with van der Waals surface area (Å²) in [6.07, 6.45) is 6.13. The van der Waals surface area contributed by atoms with E-state index in [0.29, 0.717) is 12.0 Å². The van der Waals surface area contributed by atoms with Gasteiger partial charge in [0.15, 0.2) is 0 Å². The molecule has 14 heavy (non-hydrogen) atoms. The van der Waals surface area contributed by atoms with Crippen molar-refractivity contribution in [3.05, 3.63) is 18.0 Å². The van der Waals surface area contributed by atoms with Gasteiger partial charge < -0.3 is 5.73 Å². The molecule has 1 atom stereocenters. The van der Waals surface area contributed by atoms with E-state index in [1.54, 1.807) is 0 Å². The van der Waals surface area contributed by atoms with Crippen LogP contribution in [0.25, 0.3) is 0 Å². The topological polar surface area (TPSA) is 43.8 Å². The second-order valence-electron chi connectivity index (χ2n) is 4.15. The van der Waals surface area contributed by atoms with Crippen LogP contribution in [0.1, 0.15) is 32.8 Å². The van der Waals surface area contributed by atoms with Crippen LogP contribution in [0.3, 0.4) is 0 Å². The van der Waals surface area contributed by atoms with Crippen molar-refractivity contribution in [3.63, 3.8) is 0 Å². The first-order valence-electron chi connectivity index (χ1n) is 5.40. The van der Waals surface area contributed by atoms with E-state index in [0.717, 1.165) is 19.4 Å². The predicted octanol–water partition coefficient (Wildman–Crippen LogP) is 1.82. The van der Waals surface area contributed by atoms with Crippen molar-refractivity contribution in [2.24, 2.45) is 11.7 Å². The average molecular weight is 195 g/mol. The molecular weight excluding hydrogens is 174 g/mol. The van der Waals surface area contributed by atoms with E-state index in [4.69, 9.17) is 5.73 Å². The second kappa shape index (κ2) is 5.15. The molecule has 80 valence electrons. The van der Waals surface area contributed by atoms with Crippen LogP contribution in [0.5, 0.6) is 0 Å². The molecule has 0 radical (unpaired) electrons. The van der Waals surface area contributed by atoms with Crippen LogP contribution >= 0.6 is 0 Å². The van der Waals surface area contributed by atoms with E-state index >= 15 is 0 Å². The Morgan fingerprint density at radius 2 is 2.21 bits per heavy atom. The third-order valence-corrected chi connectivity index (χ3v) is 2.63. The first kappa shape index (κ1) is 11.2. The highest BCUT2D eigenvalue weighted by Gasteiger charge is 2.07. The quantitative estimate of drug-likeness (QED) is 0.779. The lowest BCUT2D eigenvalue weighted by Gasteiger charge is -2.14. The van der Waals surface area contributed by atoms with E-state index in [9.17, 15) is 0 Å². The van der Waals surface area contributed by atoms with Crippen LogP contribution < -0.4 is 5.73 Å². The molecular formula is C11H21N3. The zero-order valence-electron chi connectivity index (χ0n) is 9.40. The Morgan fingerprint density at radius 1 is 1.50 bits per heavy atom. The van der Waals surface area contributed by atoms with Gasteiger partial charge in [0, 0.05) is 18.8 Å². The standard InChI is InChI=1S/C11H21N3/c1-4-14-8-10(7-13-14)5-6-11(12)9(2)3/h7-9,11H,4-6,12H2,1-3H3. The van der Waals surface area contributed by atoms with Gasteiger partial charge in [-0.3, -0.25) is 4.68 Å². The maximum absolute atomic E-state index is 5.98. The number of aromatic nitrogens is 2. The highest BCUT2D eigenvalue weighted by Crippen LogP contribution is 2.08. The molecule has 0 amide bonds. The largest absolute Gasteiger partial charge is 0.327 e. The molecule has 0 aromatic carbocycles. The van der Waals surface area contributed by atoms with E-state index in [1.807, 2.05) is 10.9 Å². The highest BCUT2D eigenvalue weighted by molar-refractivity contribution is 5.04. The third kappa shape index (κ3) is 3.14. The van der Waals surface area contributed by atoms with Crippen molar-refractivity contribution >= 4 is 0 Å². The Balaban J connectivity index is 2.37. The molecule has 1 aromatic rings. The molecule has 0 aliphatic rings. The summed E-state index contributed by atoms with van der Waals surface area (Å²) >= 11 is 0. The number of hydrogen-bond donors (Lipinski definition) is 1. The fraction of sp³-hybridized carbons (Fsp3) is 0.727. The average Bonchev–Trinajstić information content (AvgIpc) is 2.61. The lowest BCUT2D eigenvalue weighted by atomic mass is 9.99. The van der Waals surface area contributed by atoms with Gasteiger partial charge in [0.2, 0.25) is 0 Å². The SMILES string of the molecule is CCn1cc(CCC(N)C(C)C)cn1. The third-order valence-electron chi connectivity index (χ3n) is 2.63. The smallest absolute Gasteiger partial charge is 0.0521 e. The Kier molecular flexibility index (Phi) is 4.14. The van der Waals surface area contributed by atoms with Crippen LogP contribution in [-0.2, 0) is 13.0 Å². The van der Waals surface area contributed by atoms with Crippen molar-refractivity contribution in [1.82, 2.24) is 9.78 Å². The number of nitrogens with zero attached hydrogens (tertiary/aromatic N) is 2. The molecule has 1 aromatic heterocycles. The lowest BCUT2D eigenvalue weighted by molar-refractivity contribution is 0.464. The summed E-state index contributed by atoms with van der Waals surface area (Å²) in [6.45, 7) is 7.37. The van der Waals surface area contributed by atoms with Gasteiger partial charge in [0.25, 0.3) is 0 Å². The Morgan fingerprint density at radius 3 is 2.71 bits per heavy atom. The predicted molar refractivity (Wildman–Crippen MR) is 59.0 cm³/mol. The van der Waals surface area contributed by atoms with Crippen molar-refractivity contribution < 1.29 is 0 Å². The van der Waals surface area contributed by atoms with Crippen molar-refractivity contribution in [2.45, 2.75) is 46.2 Å². The number of aryl methyl sites for hydroxylation is 2. The summed E-state index contributed by atoms with van der Waals surface area (Å²) in [5.41, 5.74) is 7.27. The minimum Gasteiger partial charge on any atom is -0.327 e. The molecule has 0 saturated carbocycles. The molecule has 0 spiro atoms. The van der Waals surface area contributed by atoms with E-state index in [2.05, 4.69) is 32.1 Å². The summed E-state index contributed by atoms with van der Waals surface area (Å²) < 4.78 is 1.95. The fourth-order valence-corrected chi connectivity index (χ4v) is 1.38. The summed E-state index contributed by atoms with van der Waals surface area (Å²) in [4.78, 5) is 0. The highest BCUT2D eigenvalue weighted by atomic mass is 15.3. The van der Waals surface area contributed by atoms with Gasteiger partial charge in [0.05, 0.1) is 6.20 Å². The Bertz CT molecular complexity index is 265. The van der Waals surface area contributed by atoms with Crippen molar-refractivity contribution in [3.8, 4) is 0 Å².